The Labute approximate surface area is 313 Å². The molecule has 2 aliphatic heterocycles. The van der Waals surface area contributed by atoms with E-state index in [1.807, 2.05) is 69.2 Å². The molecule has 2 saturated heterocycles. The molecule has 0 spiro atoms. The van der Waals surface area contributed by atoms with Gasteiger partial charge in [0.1, 0.15) is 23.4 Å². The van der Waals surface area contributed by atoms with E-state index in [9.17, 15) is 19.5 Å². The first-order chi connectivity index (χ1) is 25.3. The lowest BCUT2D eigenvalue weighted by Crippen LogP contribution is -2.53. The van der Waals surface area contributed by atoms with E-state index in [1.54, 1.807) is 28.2 Å². The fraction of sp³-hybridized carbons (Fsp3) is 0.425. The Hall–Kier alpha value is -4.85. The molecule has 12 nitrogen and oxygen atoms in total. The summed E-state index contributed by atoms with van der Waals surface area (Å²) in [5, 5.41) is 14.8. The Bertz CT molecular complexity index is 2150. The number of carbonyl (C=O) groups is 2. The summed E-state index contributed by atoms with van der Waals surface area (Å²) in [7, 11) is 1.85. The SMILES string of the molecule is Cn1ccc2c(=O)n(CC3(O)CCN(C(=O)[C@@H]4CCN(Cc5ccc(-c6ccnc(NC(=O)OC(C)(C)C)c6)s5)C[C@H]4c4ccccc4)CC3)cnc21. The number of likely N-dealkylation sites (tertiary alicyclic amines) is 2. The predicted octanol–water partition coefficient (Wildman–Crippen LogP) is 5.86. The standard InChI is InChI=1S/C40H47N7O5S/c1-39(2,3)52-38(50)43-34-22-28(12-17-41-34)33-11-10-29(53-33)23-45-19-14-30(32(24-45)27-8-6-5-7-9-27)36(48)46-20-15-40(51,16-21-46)25-47-26-42-35-31(37(47)49)13-18-44(35)4/h5-13,17-18,22,26,30,32,51H,14-16,19-21,23-25H2,1-4H3,(H,41,43,50)/t30-,32+/m1/s1. The van der Waals surface area contributed by atoms with Crippen LogP contribution in [0.15, 0.2) is 84.2 Å². The van der Waals surface area contributed by atoms with Gasteiger partial charge in [0.05, 0.1) is 17.5 Å². The largest absolute Gasteiger partial charge is 0.444 e. The first-order valence-corrected chi connectivity index (χ1v) is 19.0. The van der Waals surface area contributed by atoms with Crippen molar-refractivity contribution in [3.63, 3.8) is 0 Å². The van der Waals surface area contributed by atoms with Gasteiger partial charge in [-0.2, -0.15) is 0 Å². The summed E-state index contributed by atoms with van der Waals surface area (Å²) in [6.07, 6.45) is 5.98. The maximum absolute atomic E-state index is 14.2. The average molecular weight is 738 g/mol. The van der Waals surface area contributed by atoms with Crippen molar-refractivity contribution in [2.45, 2.75) is 70.2 Å². The second-order valence-corrected chi connectivity index (χ2v) is 16.5. The molecule has 5 aromatic rings. The minimum Gasteiger partial charge on any atom is -0.444 e. The molecule has 2 atom stereocenters. The second-order valence-electron chi connectivity index (χ2n) is 15.4. The number of aliphatic hydroxyl groups is 1. The maximum Gasteiger partial charge on any atom is 0.413 e. The van der Waals surface area contributed by atoms with Crippen LogP contribution in [0, 0.1) is 5.92 Å². The fourth-order valence-electron chi connectivity index (χ4n) is 7.54. The molecule has 2 fully saturated rings. The number of amides is 2. The zero-order chi connectivity index (χ0) is 37.3. The fourth-order valence-corrected chi connectivity index (χ4v) is 8.59. The van der Waals surface area contributed by atoms with Crippen molar-refractivity contribution in [3.05, 3.63) is 100 Å². The van der Waals surface area contributed by atoms with Crippen LogP contribution >= 0.6 is 11.3 Å². The molecule has 0 saturated carbocycles. The molecule has 6 heterocycles. The molecule has 278 valence electrons. The molecule has 53 heavy (non-hydrogen) atoms. The van der Waals surface area contributed by atoms with Crippen LogP contribution in [0.25, 0.3) is 21.5 Å². The van der Waals surface area contributed by atoms with Crippen molar-refractivity contribution in [3.8, 4) is 10.4 Å². The Morgan fingerprint density at radius 3 is 2.57 bits per heavy atom. The monoisotopic (exact) mass is 737 g/mol. The predicted molar refractivity (Wildman–Crippen MR) is 206 cm³/mol. The normalized spacial score (nSPS) is 19.3. The van der Waals surface area contributed by atoms with Crippen molar-refractivity contribution in [2.75, 3.05) is 31.5 Å². The molecule has 2 aliphatic rings. The Morgan fingerprint density at radius 2 is 1.81 bits per heavy atom. The third-order valence-corrected chi connectivity index (χ3v) is 11.4. The molecule has 2 amide bonds. The van der Waals surface area contributed by atoms with Gasteiger partial charge in [0.15, 0.2) is 0 Å². The van der Waals surface area contributed by atoms with Crippen LogP contribution in [0.4, 0.5) is 10.6 Å². The highest BCUT2D eigenvalue weighted by Gasteiger charge is 2.41. The molecular weight excluding hydrogens is 691 g/mol. The molecule has 0 radical (unpaired) electrons. The van der Waals surface area contributed by atoms with Crippen LogP contribution in [0.2, 0.25) is 0 Å². The van der Waals surface area contributed by atoms with E-state index in [1.165, 1.54) is 15.8 Å². The zero-order valence-electron chi connectivity index (χ0n) is 30.7. The Balaban J connectivity index is 0.991. The highest BCUT2D eigenvalue weighted by atomic mass is 32.1. The van der Waals surface area contributed by atoms with E-state index < -0.39 is 17.3 Å². The van der Waals surface area contributed by atoms with E-state index >= 15 is 0 Å². The third kappa shape index (κ3) is 8.37. The van der Waals surface area contributed by atoms with Gasteiger partial charge in [-0.15, -0.1) is 11.3 Å². The van der Waals surface area contributed by atoms with Crippen LogP contribution in [-0.2, 0) is 29.7 Å². The van der Waals surface area contributed by atoms with E-state index in [4.69, 9.17) is 4.74 Å². The number of aryl methyl sites for hydroxylation is 1. The average Bonchev–Trinajstić information content (AvgIpc) is 3.76. The van der Waals surface area contributed by atoms with Gasteiger partial charge in [-0.1, -0.05) is 30.3 Å². The number of piperidine rings is 2. The first-order valence-electron chi connectivity index (χ1n) is 18.2. The highest BCUT2D eigenvalue weighted by molar-refractivity contribution is 7.15. The van der Waals surface area contributed by atoms with Crippen molar-refractivity contribution in [1.29, 1.82) is 0 Å². The van der Waals surface area contributed by atoms with Gasteiger partial charge in [-0.05, 0) is 88.0 Å². The molecule has 7 rings (SSSR count). The van der Waals surface area contributed by atoms with Crippen LogP contribution in [0.3, 0.4) is 0 Å². The number of ether oxygens (including phenoxy) is 1. The third-order valence-electron chi connectivity index (χ3n) is 10.3. The van der Waals surface area contributed by atoms with Crippen LogP contribution in [0.1, 0.15) is 56.4 Å². The van der Waals surface area contributed by atoms with Gasteiger partial charge in [-0.25, -0.2) is 14.8 Å². The number of nitrogens with zero attached hydrogens (tertiary/aromatic N) is 6. The zero-order valence-corrected chi connectivity index (χ0v) is 31.5. The number of nitrogens with one attached hydrogen (secondary N) is 1. The van der Waals surface area contributed by atoms with Crippen LogP contribution in [-0.4, -0.2) is 83.4 Å². The van der Waals surface area contributed by atoms with Gasteiger partial charge in [0.2, 0.25) is 5.91 Å². The number of aromatic nitrogens is 4. The van der Waals surface area contributed by atoms with E-state index in [0.29, 0.717) is 42.8 Å². The van der Waals surface area contributed by atoms with E-state index in [0.717, 1.165) is 42.1 Å². The molecule has 2 N–H and O–H groups in total. The van der Waals surface area contributed by atoms with Crippen molar-refractivity contribution in [1.82, 2.24) is 28.9 Å². The summed E-state index contributed by atoms with van der Waals surface area (Å²) < 4.78 is 8.68. The van der Waals surface area contributed by atoms with Crippen molar-refractivity contribution < 1.29 is 19.4 Å². The molecule has 4 aromatic heterocycles. The quantitative estimate of drug-likeness (QED) is 0.202. The number of carbonyl (C=O) groups excluding carboxylic acids is 2. The highest BCUT2D eigenvalue weighted by Crippen LogP contribution is 2.37. The summed E-state index contributed by atoms with van der Waals surface area (Å²) in [5.74, 6) is 0.428. The summed E-state index contributed by atoms with van der Waals surface area (Å²) in [5.41, 5.74) is 0.862. The van der Waals surface area contributed by atoms with Gasteiger partial charge in [0.25, 0.3) is 5.56 Å². The van der Waals surface area contributed by atoms with Crippen molar-refractivity contribution in [2.24, 2.45) is 13.0 Å². The lowest BCUT2D eigenvalue weighted by molar-refractivity contribution is -0.142. The molecule has 1 aromatic carbocycles. The van der Waals surface area contributed by atoms with Crippen LogP contribution < -0.4 is 10.9 Å². The molecular formula is C40H47N7O5S. The minimum absolute atomic E-state index is 0.0293. The lowest BCUT2D eigenvalue weighted by Gasteiger charge is -2.43. The summed E-state index contributed by atoms with van der Waals surface area (Å²) in [6.45, 7) is 8.79. The van der Waals surface area contributed by atoms with E-state index in [-0.39, 0.29) is 29.8 Å². The lowest BCUT2D eigenvalue weighted by atomic mass is 9.79. The Morgan fingerprint density at radius 1 is 1.04 bits per heavy atom. The number of benzene rings is 1. The Kier molecular flexibility index (Phi) is 10.2. The van der Waals surface area contributed by atoms with E-state index in [2.05, 4.69) is 44.5 Å². The number of hydrogen-bond donors (Lipinski definition) is 2. The topological polar surface area (TPSA) is 135 Å². The van der Waals surface area contributed by atoms with Gasteiger partial charge in [0, 0.05) is 67.2 Å². The van der Waals surface area contributed by atoms with Gasteiger partial charge < -0.3 is 19.3 Å². The number of rotatable bonds is 8. The number of thiophene rings is 1. The summed E-state index contributed by atoms with van der Waals surface area (Å²) >= 11 is 1.71. The molecule has 0 bridgehead atoms. The molecule has 0 aliphatic carbocycles. The number of pyridine rings is 1. The second kappa shape index (κ2) is 14.9. The summed E-state index contributed by atoms with van der Waals surface area (Å²) in [6, 6.07) is 20.1. The van der Waals surface area contributed by atoms with Crippen LogP contribution in [0.5, 0.6) is 0 Å². The smallest absolute Gasteiger partial charge is 0.413 e. The first kappa shape index (κ1) is 36.5. The molecule has 13 heteroatoms. The molecule has 0 unspecified atom stereocenters. The minimum atomic E-state index is -1.10. The number of anilines is 1. The maximum atomic E-state index is 14.2. The summed E-state index contributed by atoms with van der Waals surface area (Å²) in [4.78, 5) is 55.0. The van der Waals surface area contributed by atoms with Gasteiger partial charge >= 0.3 is 6.09 Å². The van der Waals surface area contributed by atoms with Crippen molar-refractivity contribution >= 4 is 40.2 Å². The van der Waals surface area contributed by atoms with Gasteiger partial charge in [-0.3, -0.25) is 24.4 Å². The number of hydrogen-bond acceptors (Lipinski definition) is 9. The number of fused-ring (bicyclic) bond motifs is 1.